The van der Waals surface area contributed by atoms with E-state index in [1.54, 1.807) is 13.3 Å². The molecule has 1 aromatic heterocycles. The van der Waals surface area contributed by atoms with Crippen LogP contribution in [0.4, 0.5) is 0 Å². The van der Waals surface area contributed by atoms with Crippen LogP contribution in [-0.2, 0) is 6.54 Å². The van der Waals surface area contributed by atoms with Crippen LogP contribution in [0.15, 0.2) is 18.3 Å². The van der Waals surface area contributed by atoms with Crippen LogP contribution in [0.2, 0.25) is 0 Å². The second-order valence-corrected chi connectivity index (χ2v) is 5.18. The summed E-state index contributed by atoms with van der Waals surface area (Å²) in [5.41, 5.74) is 1.47. The van der Waals surface area contributed by atoms with Gasteiger partial charge < -0.3 is 10.1 Å². The van der Waals surface area contributed by atoms with E-state index in [9.17, 15) is 0 Å². The Balaban J connectivity index is 2.54. The van der Waals surface area contributed by atoms with Crippen molar-refractivity contribution in [2.45, 2.75) is 40.3 Å². The fraction of sp³-hybridized carbons (Fsp3) is 0.615. The summed E-state index contributed by atoms with van der Waals surface area (Å²) in [5, 5.41) is 3.51. The van der Waals surface area contributed by atoms with E-state index < -0.39 is 0 Å². The van der Waals surface area contributed by atoms with Gasteiger partial charge in [0.2, 0.25) is 5.88 Å². The van der Waals surface area contributed by atoms with E-state index in [2.05, 4.69) is 38.0 Å². The van der Waals surface area contributed by atoms with Crippen molar-refractivity contribution in [1.29, 1.82) is 0 Å². The number of nitrogens with zero attached hydrogens (tertiary/aromatic N) is 1. The van der Waals surface area contributed by atoms with E-state index >= 15 is 0 Å². The van der Waals surface area contributed by atoms with Gasteiger partial charge in [0.1, 0.15) is 0 Å². The first-order chi connectivity index (χ1) is 7.43. The predicted octanol–water partition coefficient (Wildman–Crippen LogP) is 2.61. The van der Waals surface area contributed by atoms with Gasteiger partial charge in [0.25, 0.3) is 0 Å². The number of ether oxygens (including phenoxy) is 1. The second kappa shape index (κ2) is 5.30. The maximum atomic E-state index is 5.09. The lowest BCUT2D eigenvalue weighted by Crippen LogP contribution is -2.37. The molecule has 0 saturated heterocycles. The molecule has 0 aromatic carbocycles. The minimum Gasteiger partial charge on any atom is -0.481 e. The summed E-state index contributed by atoms with van der Waals surface area (Å²) in [6.07, 6.45) is 1.78. The van der Waals surface area contributed by atoms with Crippen molar-refractivity contribution in [3.8, 4) is 5.88 Å². The number of hydrogen-bond donors (Lipinski definition) is 1. The molecule has 3 nitrogen and oxygen atoms in total. The average molecular weight is 222 g/mol. The molecule has 0 saturated carbocycles. The molecule has 1 atom stereocenters. The second-order valence-electron chi connectivity index (χ2n) is 5.18. The van der Waals surface area contributed by atoms with Gasteiger partial charge in [-0.05, 0) is 24.0 Å². The van der Waals surface area contributed by atoms with E-state index in [4.69, 9.17) is 4.74 Å². The Morgan fingerprint density at radius 3 is 2.69 bits per heavy atom. The van der Waals surface area contributed by atoms with Gasteiger partial charge in [-0.2, -0.15) is 0 Å². The van der Waals surface area contributed by atoms with Crippen molar-refractivity contribution in [3.63, 3.8) is 0 Å². The molecule has 0 amide bonds. The first-order valence-corrected chi connectivity index (χ1v) is 5.66. The Morgan fingerprint density at radius 1 is 1.44 bits per heavy atom. The molecule has 0 aliphatic heterocycles. The van der Waals surface area contributed by atoms with E-state index in [-0.39, 0.29) is 5.41 Å². The van der Waals surface area contributed by atoms with Crippen molar-refractivity contribution >= 4 is 0 Å². The Morgan fingerprint density at radius 2 is 2.12 bits per heavy atom. The molecule has 0 bridgehead atoms. The zero-order valence-electron chi connectivity index (χ0n) is 10.9. The smallest absolute Gasteiger partial charge is 0.213 e. The minimum atomic E-state index is 0.275. The molecule has 1 N–H and O–H groups in total. The van der Waals surface area contributed by atoms with Crippen molar-refractivity contribution in [2.75, 3.05) is 7.11 Å². The summed E-state index contributed by atoms with van der Waals surface area (Å²) in [7, 11) is 1.64. The van der Waals surface area contributed by atoms with Crippen molar-refractivity contribution < 1.29 is 4.74 Å². The molecule has 1 heterocycles. The predicted molar refractivity (Wildman–Crippen MR) is 66.5 cm³/mol. The molecule has 0 fully saturated rings. The third-order valence-electron chi connectivity index (χ3n) is 2.92. The maximum Gasteiger partial charge on any atom is 0.213 e. The Kier molecular flexibility index (Phi) is 4.30. The van der Waals surface area contributed by atoms with Crippen LogP contribution < -0.4 is 10.1 Å². The zero-order valence-corrected chi connectivity index (χ0v) is 10.9. The van der Waals surface area contributed by atoms with Crippen LogP contribution in [0.1, 0.15) is 33.3 Å². The highest BCUT2D eigenvalue weighted by molar-refractivity contribution is 5.20. The molecule has 90 valence electrons. The van der Waals surface area contributed by atoms with Crippen molar-refractivity contribution in [1.82, 2.24) is 10.3 Å². The Bertz CT molecular complexity index is 331. The summed E-state index contributed by atoms with van der Waals surface area (Å²) >= 11 is 0. The number of methoxy groups -OCH3 is 1. The van der Waals surface area contributed by atoms with Gasteiger partial charge in [0, 0.05) is 24.8 Å². The van der Waals surface area contributed by atoms with Crippen LogP contribution in [0.25, 0.3) is 0 Å². The lowest BCUT2D eigenvalue weighted by Gasteiger charge is -2.28. The molecule has 16 heavy (non-hydrogen) atoms. The van der Waals surface area contributed by atoms with Gasteiger partial charge in [-0.3, -0.25) is 0 Å². The highest BCUT2D eigenvalue weighted by Gasteiger charge is 2.18. The van der Waals surface area contributed by atoms with Crippen molar-refractivity contribution in [3.05, 3.63) is 23.9 Å². The first-order valence-electron chi connectivity index (χ1n) is 5.66. The summed E-state index contributed by atoms with van der Waals surface area (Å²) in [5.74, 6) is 0.669. The number of aromatic nitrogens is 1. The van der Waals surface area contributed by atoms with Gasteiger partial charge in [0.15, 0.2) is 0 Å². The third-order valence-corrected chi connectivity index (χ3v) is 2.92. The molecular weight excluding hydrogens is 200 g/mol. The minimum absolute atomic E-state index is 0.275. The molecule has 0 aliphatic rings. The molecular formula is C13H22N2O. The molecule has 0 spiro atoms. The standard InChI is InChI=1S/C13H22N2O/c1-10(13(2,3)4)15-9-11-6-7-14-12(8-11)16-5/h6-8,10,15H,9H2,1-5H3. The fourth-order valence-corrected chi connectivity index (χ4v) is 1.25. The lowest BCUT2D eigenvalue weighted by molar-refractivity contribution is 0.285. The molecule has 1 aromatic rings. The van der Waals surface area contributed by atoms with Gasteiger partial charge in [0.05, 0.1) is 7.11 Å². The number of pyridine rings is 1. The monoisotopic (exact) mass is 222 g/mol. The summed E-state index contributed by atoms with van der Waals surface area (Å²) in [6.45, 7) is 9.75. The van der Waals surface area contributed by atoms with Crippen LogP contribution in [0, 0.1) is 5.41 Å². The SMILES string of the molecule is COc1cc(CNC(C)C(C)(C)C)ccn1. The van der Waals surface area contributed by atoms with Gasteiger partial charge in [-0.1, -0.05) is 20.8 Å². The van der Waals surface area contributed by atoms with Gasteiger partial charge >= 0.3 is 0 Å². The third kappa shape index (κ3) is 3.81. The van der Waals surface area contributed by atoms with Gasteiger partial charge in [-0.15, -0.1) is 0 Å². The number of hydrogen-bond acceptors (Lipinski definition) is 3. The average Bonchev–Trinajstić information content (AvgIpc) is 2.25. The highest BCUT2D eigenvalue weighted by atomic mass is 16.5. The normalized spacial score (nSPS) is 13.6. The summed E-state index contributed by atoms with van der Waals surface area (Å²) in [4.78, 5) is 4.08. The lowest BCUT2D eigenvalue weighted by atomic mass is 9.88. The van der Waals surface area contributed by atoms with Crippen LogP contribution in [0.3, 0.4) is 0 Å². The Labute approximate surface area is 98.2 Å². The zero-order chi connectivity index (χ0) is 12.2. The largest absolute Gasteiger partial charge is 0.481 e. The van der Waals surface area contributed by atoms with E-state index in [0.29, 0.717) is 11.9 Å². The fourth-order valence-electron chi connectivity index (χ4n) is 1.25. The molecule has 0 aliphatic carbocycles. The molecule has 0 radical (unpaired) electrons. The van der Waals surface area contributed by atoms with E-state index in [1.807, 2.05) is 12.1 Å². The quantitative estimate of drug-likeness (QED) is 0.850. The summed E-state index contributed by atoms with van der Waals surface area (Å²) < 4.78 is 5.09. The highest BCUT2D eigenvalue weighted by Crippen LogP contribution is 2.19. The van der Waals surface area contributed by atoms with Crippen molar-refractivity contribution in [2.24, 2.45) is 5.41 Å². The molecule has 3 heteroatoms. The van der Waals surface area contributed by atoms with Crippen LogP contribution >= 0.6 is 0 Å². The van der Waals surface area contributed by atoms with Crippen LogP contribution in [-0.4, -0.2) is 18.1 Å². The van der Waals surface area contributed by atoms with Gasteiger partial charge in [-0.25, -0.2) is 4.98 Å². The number of nitrogens with one attached hydrogen (secondary N) is 1. The molecule has 1 unspecified atom stereocenters. The maximum absolute atomic E-state index is 5.09. The first kappa shape index (κ1) is 13.0. The van der Waals surface area contributed by atoms with E-state index in [1.165, 1.54) is 5.56 Å². The Hall–Kier alpha value is -1.09. The van der Waals surface area contributed by atoms with E-state index in [0.717, 1.165) is 6.54 Å². The summed E-state index contributed by atoms with van der Waals surface area (Å²) in [6, 6.07) is 4.43. The van der Waals surface area contributed by atoms with Crippen LogP contribution in [0.5, 0.6) is 5.88 Å². The number of rotatable bonds is 4. The topological polar surface area (TPSA) is 34.1 Å². The molecule has 1 rings (SSSR count).